The molecule has 1 N–H and O–H groups in total. The summed E-state index contributed by atoms with van der Waals surface area (Å²) >= 11 is 0. The molecule has 0 bridgehead atoms. The first kappa shape index (κ1) is 31.9. The molecule has 1 aromatic heterocycles. The number of hydrogen-bond donors (Lipinski definition) is 1. The number of ether oxygens (including phenoxy) is 1. The maximum absolute atomic E-state index is 12.8. The van der Waals surface area contributed by atoms with E-state index in [9.17, 15) is 4.79 Å². The Kier molecular flexibility index (Phi) is 15.1. The van der Waals surface area contributed by atoms with Crippen molar-refractivity contribution in [3.63, 3.8) is 0 Å². The number of aromatic nitrogens is 1. The Balaban J connectivity index is 1.65. The van der Waals surface area contributed by atoms with E-state index in [1.165, 1.54) is 83.5 Å². The molecule has 0 aliphatic rings. The van der Waals surface area contributed by atoms with Gasteiger partial charge in [0, 0.05) is 29.8 Å². The molecule has 4 nitrogen and oxygen atoms in total. The standard InChI is InChI=1S/C34H54N2O2/c1-6-7-8-9-10-11-12-13-14-15-16-17-18-19-26-38-32-21-20-30(27-31(32)34(2,3)4)33(37)35-28-29-22-24-36(5)25-23-29/h20-25,27H,6-19,26,28H2,1-5H3/p+1. The summed E-state index contributed by atoms with van der Waals surface area (Å²) in [7, 11) is 1.99. The third-order valence-corrected chi connectivity index (χ3v) is 7.31. The Morgan fingerprint density at radius 3 is 1.84 bits per heavy atom. The number of benzene rings is 1. The fraction of sp³-hybridized carbons (Fsp3) is 0.647. The van der Waals surface area contributed by atoms with Crippen molar-refractivity contribution in [3.8, 4) is 5.75 Å². The first-order valence-electron chi connectivity index (χ1n) is 15.3. The fourth-order valence-electron chi connectivity index (χ4n) is 4.80. The molecule has 212 valence electrons. The van der Waals surface area contributed by atoms with Crippen molar-refractivity contribution in [1.82, 2.24) is 5.32 Å². The maximum atomic E-state index is 12.8. The minimum absolute atomic E-state index is 0.0535. The highest BCUT2D eigenvalue weighted by molar-refractivity contribution is 5.94. The van der Waals surface area contributed by atoms with Crippen LogP contribution in [0.5, 0.6) is 5.75 Å². The second-order valence-electron chi connectivity index (χ2n) is 12.0. The highest BCUT2D eigenvalue weighted by atomic mass is 16.5. The molecule has 1 heterocycles. The Labute approximate surface area is 233 Å². The monoisotopic (exact) mass is 523 g/mol. The summed E-state index contributed by atoms with van der Waals surface area (Å²) < 4.78 is 8.20. The topological polar surface area (TPSA) is 42.2 Å². The maximum Gasteiger partial charge on any atom is 0.251 e. The first-order valence-corrected chi connectivity index (χ1v) is 15.3. The average molecular weight is 524 g/mol. The van der Waals surface area contributed by atoms with Gasteiger partial charge in [0.2, 0.25) is 0 Å². The number of carbonyl (C=O) groups excluding carboxylic acids is 1. The number of amides is 1. The van der Waals surface area contributed by atoms with E-state index in [1.54, 1.807) is 0 Å². The zero-order valence-electron chi connectivity index (χ0n) is 25.1. The second kappa shape index (κ2) is 18.0. The zero-order chi connectivity index (χ0) is 27.6. The molecule has 0 saturated heterocycles. The molecule has 0 aliphatic heterocycles. The van der Waals surface area contributed by atoms with Gasteiger partial charge in [-0.2, -0.15) is 0 Å². The zero-order valence-corrected chi connectivity index (χ0v) is 25.1. The molecule has 0 saturated carbocycles. The van der Waals surface area contributed by atoms with Crippen LogP contribution in [0.1, 0.15) is 139 Å². The molecule has 0 atom stereocenters. The second-order valence-corrected chi connectivity index (χ2v) is 12.0. The lowest BCUT2D eigenvalue weighted by atomic mass is 9.85. The lowest BCUT2D eigenvalue weighted by Crippen LogP contribution is -2.27. The van der Waals surface area contributed by atoms with Crippen LogP contribution in [0.15, 0.2) is 42.7 Å². The van der Waals surface area contributed by atoms with E-state index in [-0.39, 0.29) is 11.3 Å². The first-order chi connectivity index (χ1) is 18.3. The predicted molar refractivity (Wildman–Crippen MR) is 160 cm³/mol. The number of hydrogen-bond acceptors (Lipinski definition) is 2. The third-order valence-electron chi connectivity index (χ3n) is 7.31. The Bertz CT molecular complexity index is 915. The van der Waals surface area contributed by atoms with Gasteiger partial charge in [0.15, 0.2) is 12.4 Å². The van der Waals surface area contributed by atoms with Crippen molar-refractivity contribution in [2.45, 2.75) is 130 Å². The molecule has 0 spiro atoms. The molecule has 4 heteroatoms. The van der Waals surface area contributed by atoms with Gasteiger partial charge in [-0.25, -0.2) is 4.57 Å². The summed E-state index contributed by atoms with van der Waals surface area (Å²) in [4.78, 5) is 12.8. The average Bonchev–Trinajstić information content (AvgIpc) is 2.90. The van der Waals surface area contributed by atoms with Crippen molar-refractivity contribution in [3.05, 3.63) is 59.4 Å². The van der Waals surface area contributed by atoms with Crippen LogP contribution >= 0.6 is 0 Å². The van der Waals surface area contributed by atoms with Crippen LogP contribution < -0.4 is 14.6 Å². The minimum atomic E-state index is -0.102. The molecule has 2 aromatic rings. The number of nitrogens with zero attached hydrogens (tertiary/aromatic N) is 1. The highest BCUT2D eigenvalue weighted by Gasteiger charge is 2.21. The number of aryl methyl sites for hydroxylation is 1. The smallest absolute Gasteiger partial charge is 0.251 e. The molecule has 1 aromatic carbocycles. The van der Waals surface area contributed by atoms with E-state index < -0.39 is 0 Å². The molecular formula is C34H55N2O2+. The number of rotatable bonds is 19. The molecule has 0 radical (unpaired) electrons. The molecular weight excluding hydrogens is 468 g/mol. The Morgan fingerprint density at radius 1 is 0.789 bits per heavy atom. The van der Waals surface area contributed by atoms with Crippen molar-refractivity contribution in [2.24, 2.45) is 7.05 Å². The normalized spacial score (nSPS) is 11.5. The number of unbranched alkanes of at least 4 members (excludes halogenated alkanes) is 13. The lowest BCUT2D eigenvalue weighted by Gasteiger charge is -2.23. The summed E-state index contributed by atoms with van der Waals surface area (Å²) in [5, 5.41) is 3.04. The third kappa shape index (κ3) is 12.9. The van der Waals surface area contributed by atoms with Crippen molar-refractivity contribution in [1.29, 1.82) is 0 Å². The largest absolute Gasteiger partial charge is 0.493 e. The predicted octanol–water partition coefficient (Wildman–Crippen LogP) is 8.60. The summed E-state index contributed by atoms with van der Waals surface area (Å²) in [5.74, 6) is 0.849. The van der Waals surface area contributed by atoms with E-state index in [2.05, 4.69) is 33.0 Å². The van der Waals surface area contributed by atoms with Gasteiger partial charge >= 0.3 is 0 Å². The summed E-state index contributed by atoms with van der Waals surface area (Å²) in [6.07, 6.45) is 23.0. The molecule has 0 aliphatic carbocycles. The highest BCUT2D eigenvalue weighted by Crippen LogP contribution is 2.32. The van der Waals surface area contributed by atoms with E-state index in [0.29, 0.717) is 12.1 Å². The molecule has 38 heavy (non-hydrogen) atoms. The lowest BCUT2D eigenvalue weighted by molar-refractivity contribution is -0.671. The van der Waals surface area contributed by atoms with Crippen LogP contribution in [-0.2, 0) is 19.0 Å². The quantitative estimate of drug-likeness (QED) is 0.148. The summed E-state index contributed by atoms with van der Waals surface area (Å²) in [5.41, 5.74) is 2.75. The van der Waals surface area contributed by atoms with E-state index in [4.69, 9.17) is 4.74 Å². The van der Waals surface area contributed by atoms with Gasteiger partial charge in [-0.15, -0.1) is 0 Å². The van der Waals surface area contributed by atoms with Crippen LogP contribution in [0.25, 0.3) is 0 Å². The van der Waals surface area contributed by atoms with Crippen LogP contribution in [0, 0.1) is 0 Å². The molecule has 0 unspecified atom stereocenters. The van der Waals surface area contributed by atoms with Gasteiger partial charge in [0.25, 0.3) is 5.91 Å². The van der Waals surface area contributed by atoms with Crippen molar-refractivity contribution in [2.75, 3.05) is 6.61 Å². The van der Waals surface area contributed by atoms with Crippen LogP contribution in [0.2, 0.25) is 0 Å². The number of carbonyl (C=O) groups is 1. The minimum Gasteiger partial charge on any atom is -0.493 e. The van der Waals surface area contributed by atoms with Gasteiger partial charge in [-0.3, -0.25) is 4.79 Å². The Hall–Kier alpha value is -2.36. The van der Waals surface area contributed by atoms with Gasteiger partial charge in [-0.1, -0.05) is 111 Å². The summed E-state index contributed by atoms with van der Waals surface area (Å²) in [6.45, 7) is 10.1. The van der Waals surface area contributed by atoms with Crippen molar-refractivity contribution < 1.29 is 14.1 Å². The number of pyridine rings is 1. The van der Waals surface area contributed by atoms with Crippen LogP contribution in [0.3, 0.4) is 0 Å². The van der Waals surface area contributed by atoms with Gasteiger partial charge in [0.1, 0.15) is 12.8 Å². The van der Waals surface area contributed by atoms with Crippen LogP contribution in [0.4, 0.5) is 0 Å². The molecule has 1 amide bonds. The Morgan fingerprint density at radius 2 is 1.32 bits per heavy atom. The SMILES string of the molecule is CCCCCCCCCCCCCCCCOc1ccc(C(=O)NCc2cc[n+](C)cc2)cc1C(C)(C)C. The number of nitrogens with one attached hydrogen (secondary N) is 1. The van der Waals surface area contributed by atoms with E-state index >= 15 is 0 Å². The van der Waals surface area contributed by atoms with Gasteiger partial charge in [0.05, 0.1) is 6.61 Å². The van der Waals surface area contributed by atoms with E-state index in [0.717, 1.165) is 29.9 Å². The van der Waals surface area contributed by atoms with Crippen molar-refractivity contribution >= 4 is 5.91 Å². The molecule has 2 rings (SSSR count). The molecule has 0 fully saturated rings. The summed E-state index contributed by atoms with van der Waals surface area (Å²) in [6, 6.07) is 9.91. The van der Waals surface area contributed by atoms with E-state index in [1.807, 2.05) is 54.3 Å². The van der Waals surface area contributed by atoms with Gasteiger partial charge in [-0.05, 0) is 35.6 Å². The van der Waals surface area contributed by atoms with Gasteiger partial charge < -0.3 is 10.1 Å². The van der Waals surface area contributed by atoms with Crippen LogP contribution in [-0.4, -0.2) is 12.5 Å². The fourth-order valence-corrected chi connectivity index (χ4v) is 4.80.